The summed E-state index contributed by atoms with van der Waals surface area (Å²) in [5.74, 6) is -0.482. The van der Waals surface area contributed by atoms with Crippen LogP contribution in [0.2, 0.25) is 0 Å². The SMILES string of the molecule is COc1cc(SC)ccc1C(=O)OC/C(O)=C(\C#N)c1nc2ccccc2[nH]1. The molecule has 2 N–H and O–H groups in total. The summed E-state index contributed by atoms with van der Waals surface area (Å²) in [6, 6.07) is 14.2. The minimum absolute atomic E-state index is 0.0892. The summed E-state index contributed by atoms with van der Waals surface area (Å²) in [6.45, 7) is -0.466. The summed E-state index contributed by atoms with van der Waals surface area (Å²) in [6.07, 6.45) is 1.91. The number of fused-ring (bicyclic) bond motifs is 1. The van der Waals surface area contributed by atoms with E-state index < -0.39 is 18.3 Å². The molecule has 3 rings (SSSR count). The molecule has 0 spiro atoms. The number of carbonyl (C=O) groups is 1. The molecule has 0 atom stereocenters. The number of nitrogens with zero attached hydrogens (tertiary/aromatic N) is 2. The number of para-hydroxylation sites is 2. The molecule has 0 saturated heterocycles. The number of aliphatic hydroxyl groups excluding tert-OH is 1. The number of benzene rings is 2. The first-order valence-corrected chi connectivity index (χ1v) is 9.46. The van der Waals surface area contributed by atoms with Crippen molar-refractivity contribution in [2.75, 3.05) is 20.0 Å². The third-order valence-electron chi connectivity index (χ3n) is 4.00. The molecule has 0 aliphatic carbocycles. The summed E-state index contributed by atoms with van der Waals surface area (Å²) in [4.78, 5) is 20.5. The van der Waals surface area contributed by atoms with Crippen molar-refractivity contribution in [1.29, 1.82) is 5.26 Å². The molecule has 8 heteroatoms. The maximum absolute atomic E-state index is 12.4. The number of esters is 1. The molecule has 0 radical (unpaired) electrons. The van der Waals surface area contributed by atoms with Gasteiger partial charge in [-0.05, 0) is 36.6 Å². The van der Waals surface area contributed by atoms with Crippen LogP contribution >= 0.6 is 11.8 Å². The molecular formula is C20H17N3O4S. The third kappa shape index (κ3) is 3.94. The van der Waals surface area contributed by atoms with Gasteiger partial charge in [0.05, 0.1) is 18.1 Å². The van der Waals surface area contributed by atoms with Gasteiger partial charge in [0, 0.05) is 4.90 Å². The van der Waals surface area contributed by atoms with Gasteiger partial charge in [-0.25, -0.2) is 9.78 Å². The first kappa shape index (κ1) is 19.3. The Hall–Kier alpha value is -3.44. The molecule has 2 aromatic carbocycles. The Bertz CT molecular complexity index is 1070. The number of H-pyrrole nitrogens is 1. The van der Waals surface area contributed by atoms with E-state index in [0.717, 1.165) is 10.4 Å². The number of carbonyl (C=O) groups excluding carboxylic acids is 1. The number of rotatable bonds is 6. The minimum Gasteiger partial charge on any atom is -0.507 e. The highest BCUT2D eigenvalue weighted by Gasteiger charge is 2.18. The van der Waals surface area contributed by atoms with Gasteiger partial charge in [0.25, 0.3) is 0 Å². The molecule has 3 aromatic rings. The highest BCUT2D eigenvalue weighted by atomic mass is 32.2. The van der Waals surface area contributed by atoms with Crippen LogP contribution in [0.4, 0.5) is 0 Å². The number of nitrogens with one attached hydrogen (secondary N) is 1. The number of allylic oxidation sites excluding steroid dienone is 1. The lowest BCUT2D eigenvalue weighted by Gasteiger charge is -2.10. The molecule has 0 bridgehead atoms. The van der Waals surface area contributed by atoms with E-state index >= 15 is 0 Å². The minimum atomic E-state index is -0.669. The number of imidazole rings is 1. The molecule has 1 aromatic heterocycles. The van der Waals surface area contributed by atoms with Crippen molar-refractivity contribution in [1.82, 2.24) is 9.97 Å². The monoisotopic (exact) mass is 395 g/mol. The van der Waals surface area contributed by atoms with E-state index in [1.54, 1.807) is 24.3 Å². The smallest absolute Gasteiger partial charge is 0.342 e. The molecule has 142 valence electrons. The fraction of sp³-hybridized carbons (Fsp3) is 0.150. The van der Waals surface area contributed by atoms with Crippen LogP contribution in [0.5, 0.6) is 5.75 Å². The summed E-state index contributed by atoms with van der Waals surface area (Å²) >= 11 is 1.52. The summed E-state index contributed by atoms with van der Waals surface area (Å²) in [5.41, 5.74) is 1.53. The van der Waals surface area contributed by atoms with E-state index in [1.165, 1.54) is 18.9 Å². The van der Waals surface area contributed by atoms with Crippen LogP contribution in [0.3, 0.4) is 0 Å². The number of aliphatic hydroxyl groups is 1. The summed E-state index contributed by atoms with van der Waals surface area (Å²) < 4.78 is 10.4. The Morgan fingerprint density at radius 3 is 2.79 bits per heavy atom. The molecule has 28 heavy (non-hydrogen) atoms. The van der Waals surface area contributed by atoms with E-state index in [0.29, 0.717) is 11.3 Å². The van der Waals surface area contributed by atoms with Crippen LogP contribution in [-0.4, -0.2) is 41.0 Å². The zero-order chi connectivity index (χ0) is 20.1. The van der Waals surface area contributed by atoms with Crippen molar-refractivity contribution >= 4 is 34.3 Å². The standard InChI is InChI=1S/C20H17N3O4S/c1-26-18-9-12(28-2)7-8-13(18)20(25)27-11-17(24)14(10-21)19-22-15-5-3-4-6-16(15)23-19/h3-9,24H,11H2,1-2H3,(H,22,23)/b17-14-. The van der Waals surface area contributed by atoms with Gasteiger partial charge in [0.15, 0.2) is 11.6 Å². The average molecular weight is 395 g/mol. The van der Waals surface area contributed by atoms with Crippen LogP contribution in [0.1, 0.15) is 16.2 Å². The second kappa shape index (κ2) is 8.50. The lowest BCUT2D eigenvalue weighted by molar-refractivity contribution is 0.0499. The van der Waals surface area contributed by atoms with Crippen molar-refractivity contribution < 1.29 is 19.4 Å². The molecular weight excluding hydrogens is 378 g/mol. The predicted octanol–water partition coefficient (Wildman–Crippen LogP) is 3.94. The maximum atomic E-state index is 12.4. The van der Waals surface area contributed by atoms with Crippen LogP contribution in [0.25, 0.3) is 16.6 Å². The Balaban J connectivity index is 1.80. The Morgan fingerprint density at radius 2 is 2.11 bits per heavy atom. The average Bonchev–Trinajstić information content (AvgIpc) is 3.15. The van der Waals surface area contributed by atoms with Crippen molar-refractivity contribution in [3.05, 3.63) is 59.6 Å². The lowest BCUT2D eigenvalue weighted by Crippen LogP contribution is -2.10. The number of hydrogen-bond donors (Lipinski definition) is 2. The third-order valence-corrected chi connectivity index (χ3v) is 4.72. The molecule has 0 aliphatic rings. The summed E-state index contributed by atoms with van der Waals surface area (Å²) in [7, 11) is 1.46. The van der Waals surface area contributed by atoms with Gasteiger partial charge in [-0.2, -0.15) is 5.26 Å². The number of aromatic amines is 1. The molecule has 0 saturated carbocycles. The zero-order valence-electron chi connectivity index (χ0n) is 15.2. The Kier molecular flexibility index (Phi) is 5.87. The number of nitriles is 1. The number of hydrogen-bond acceptors (Lipinski definition) is 7. The lowest BCUT2D eigenvalue weighted by atomic mass is 10.2. The second-order valence-corrected chi connectivity index (χ2v) is 6.56. The van der Waals surface area contributed by atoms with Gasteiger partial charge in [0.1, 0.15) is 29.6 Å². The quantitative estimate of drug-likeness (QED) is 0.282. The van der Waals surface area contributed by atoms with Gasteiger partial charge in [-0.15, -0.1) is 11.8 Å². The molecule has 7 nitrogen and oxygen atoms in total. The maximum Gasteiger partial charge on any atom is 0.342 e. The van der Waals surface area contributed by atoms with Crippen molar-refractivity contribution in [3.8, 4) is 11.8 Å². The topological polar surface area (TPSA) is 108 Å². The zero-order valence-corrected chi connectivity index (χ0v) is 16.0. The summed E-state index contributed by atoms with van der Waals surface area (Å²) in [5, 5.41) is 19.7. The molecule has 0 aliphatic heterocycles. The molecule has 0 fully saturated rings. The van der Waals surface area contributed by atoms with Crippen molar-refractivity contribution in [2.24, 2.45) is 0 Å². The van der Waals surface area contributed by atoms with Gasteiger partial charge in [-0.3, -0.25) is 0 Å². The Labute approximate surface area is 165 Å². The highest BCUT2D eigenvalue weighted by Crippen LogP contribution is 2.26. The van der Waals surface area contributed by atoms with E-state index in [2.05, 4.69) is 9.97 Å². The number of thioether (sulfide) groups is 1. The molecule has 0 unspecified atom stereocenters. The highest BCUT2D eigenvalue weighted by molar-refractivity contribution is 7.98. The van der Waals surface area contributed by atoms with E-state index in [9.17, 15) is 15.2 Å². The van der Waals surface area contributed by atoms with Crippen LogP contribution in [0.15, 0.2) is 53.1 Å². The number of ether oxygens (including phenoxy) is 2. The fourth-order valence-electron chi connectivity index (χ4n) is 2.58. The van der Waals surface area contributed by atoms with Crippen molar-refractivity contribution in [2.45, 2.75) is 4.90 Å². The van der Waals surface area contributed by atoms with E-state index in [-0.39, 0.29) is 17.0 Å². The van der Waals surface area contributed by atoms with Crippen LogP contribution in [0, 0.1) is 11.3 Å². The Morgan fingerprint density at radius 1 is 1.32 bits per heavy atom. The van der Waals surface area contributed by atoms with Gasteiger partial charge in [-0.1, -0.05) is 12.1 Å². The predicted molar refractivity (Wildman–Crippen MR) is 106 cm³/mol. The van der Waals surface area contributed by atoms with Crippen LogP contribution in [-0.2, 0) is 4.74 Å². The van der Waals surface area contributed by atoms with Gasteiger partial charge in [0.2, 0.25) is 0 Å². The number of aromatic nitrogens is 2. The van der Waals surface area contributed by atoms with Gasteiger partial charge >= 0.3 is 5.97 Å². The number of methoxy groups -OCH3 is 1. The van der Waals surface area contributed by atoms with Crippen molar-refractivity contribution in [3.63, 3.8) is 0 Å². The molecule has 1 heterocycles. The van der Waals surface area contributed by atoms with Gasteiger partial charge < -0.3 is 19.6 Å². The van der Waals surface area contributed by atoms with E-state index in [1.807, 2.05) is 30.5 Å². The fourth-order valence-corrected chi connectivity index (χ4v) is 3.01. The first-order chi connectivity index (χ1) is 13.6. The molecule has 0 amide bonds. The largest absolute Gasteiger partial charge is 0.507 e. The second-order valence-electron chi connectivity index (χ2n) is 5.68. The van der Waals surface area contributed by atoms with E-state index in [4.69, 9.17) is 9.47 Å². The normalized spacial score (nSPS) is 11.6. The first-order valence-electron chi connectivity index (χ1n) is 8.24. The van der Waals surface area contributed by atoms with Crippen LogP contribution < -0.4 is 4.74 Å².